The van der Waals surface area contributed by atoms with Gasteiger partial charge in [-0.15, -0.1) is 0 Å². The van der Waals surface area contributed by atoms with Crippen LogP contribution in [0.3, 0.4) is 0 Å². The number of aromatic nitrogens is 1. The van der Waals surface area contributed by atoms with Gasteiger partial charge < -0.3 is 16.2 Å². The number of benzene rings is 1. The van der Waals surface area contributed by atoms with Gasteiger partial charge in [-0.1, -0.05) is 11.6 Å². The summed E-state index contributed by atoms with van der Waals surface area (Å²) in [5.74, 6) is -0.681. The Kier molecular flexibility index (Phi) is 3.34. The molecule has 1 amide bonds. The van der Waals surface area contributed by atoms with Crippen LogP contribution in [0.15, 0.2) is 36.7 Å². The minimum Gasteiger partial charge on any atom is -0.505 e. The average molecular weight is 264 g/mol. The van der Waals surface area contributed by atoms with E-state index < -0.39 is 5.91 Å². The molecule has 18 heavy (non-hydrogen) atoms. The number of rotatable bonds is 2. The number of anilines is 2. The van der Waals surface area contributed by atoms with Gasteiger partial charge in [0.1, 0.15) is 5.75 Å². The molecule has 0 aliphatic rings. The SMILES string of the molecule is Nc1ccc(Cl)cc1NC(=O)c1ccncc1O. The van der Waals surface area contributed by atoms with Crippen LogP contribution in [-0.4, -0.2) is 16.0 Å². The molecule has 0 fully saturated rings. The van der Waals surface area contributed by atoms with Crippen LogP contribution in [0.1, 0.15) is 10.4 Å². The predicted molar refractivity (Wildman–Crippen MR) is 69.7 cm³/mol. The summed E-state index contributed by atoms with van der Waals surface area (Å²) < 4.78 is 0. The fourth-order valence-electron chi connectivity index (χ4n) is 1.40. The Morgan fingerprint density at radius 2 is 2.17 bits per heavy atom. The van der Waals surface area contributed by atoms with Crippen LogP contribution in [0.25, 0.3) is 0 Å². The highest BCUT2D eigenvalue weighted by atomic mass is 35.5. The lowest BCUT2D eigenvalue weighted by atomic mass is 10.2. The zero-order valence-corrected chi connectivity index (χ0v) is 9.98. The number of nitrogen functional groups attached to an aromatic ring is 1. The Balaban J connectivity index is 2.27. The molecule has 0 atom stereocenters. The summed E-state index contributed by atoms with van der Waals surface area (Å²) in [5.41, 5.74) is 6.60. The second kappa shape index (κ2) is 4.93. The third-order valence-corrected chi connectivity index (χ3v) is 2.54. The van der Waals surface area contributed by atoms with Crippen molar-refractivity contribution in [3.05, 3.63) is 47.2 Å². The monoisotopic (exact) mass is 263 g/mol. The molecule has 0 bridgehead atoms. The van der Waals surface area contributed by atoms with Crippen molar-refractivity contribution in [2.75, 3.05) is 11.1 Å². The second-order valence-corrected chi connectivity index (χ2v) is 4.01. The summed E-state index contributed by atoms with van der Waals surface area (Å²) in [4.78, 5) is 15.6. The van der Waals surface area contributed by atoms with Crippen molar-refractivity contribution < 1.29 is 9.90 Å². The van der Waals surface area contributed by atoms with Crippen molar-refractivity contribution in [2.45, 2.75) is 0 Å². The van der Waals surface area contributed by atoms with Crippen LogP contribution in [0, 0.1) is 0 Å². The minimum atomic E-state index is -0.483. The maximum atomic E-state index is 11.9. The van der Waals surface area contributed by atoms with Gasteiger partial charge in [0.25, 0.3) is 5.91 Å². The number of halogens is 1. The molecule has 0 aliphatic carbocycles. The van der Waals surface area contributed by atoms with Crippen molar-refractivity contribution in [3.8, 4) is 5.75 Å². The molecule has 4 N–H and O–H groups in total. The number of carbonyl (C=O) groups excluding carboxylic acids is 1. The fourth-order valence-corrected chi connectivity index (χ4v) is 1.58. The lowest BCUT2D eigenvalue weighted by molar-refractivity contribution is 0.102. The highest BCUT2D eigenvalue weighted by molar-refractivity contribution is 6.31. The van der Waals surface area contributed by atoms with E-state index in [1.807, 2.05) is 0 Å². The number of nitrogens with two attached hydrogens (primary N) is 1. The molecule has 1 aromatic heterocycles. The summed E-state index contributed by atoms with van der Waals surface area (Å²) in [5, 5.41) is 12.5. The van der Waals surface area contributed by atoms with Crippen LogP contribution >= 0.6 is 11.6 Å². The lowest BCUT2D eigenvalue weighted by Crippen LogP contribution is -2.13. The van der Waals surface area contributed by atoms with Gasteiger partial charge in [-0.05, 0) is 24.3 Å². The molecule has 6 heteroatoms. The van der Waals surface area contributed by atoms with Gasteiger partial charge in [0, 0.05) is 11.2 Å². The van der Waals surface area contributed by atoms with E-state index in [2.05, 4.69) is 10.3 Å². The summed E-state index contributed by atoms with van der Waals surface area (Å²) in [7, 11) is 0. The second-order valence-electron chi connectivity index (χ2n) is 3.58. The molecule has 1 aromatic carbocycles. The third kappa shape index (κ3) is 2.52. The van der Waals surface area contributed by atoms with Crippen LogP contribution in [0.5, 0.6) is 5.75 Å². The fraction of sp³-hybridized carbons (Fsp3) is 0. The topological polar surface area (TPSA) is 88.2 Å². The number of nitrogens with zero attached hydrogens (tertiary/aromatic N) is 1. The quantitative estimate of drug-likeness (QED) is 0.725. The molecule has 0 aliphatic heterocycles. The van der Waals surface area contributed by atoms with E-state index in [1.165, 1.54) is 24.5 Å². The van der Waals surface area contributed by atoms with Crippen molar-refractivity contribution in [2.24, 2.45) is 0 Å². The number of nitrogens with one attached hydrogen (secondary N) is 1. The first-order valence-corrected chi connectivity index (χ1v) is 5.45. The van der Waals surface area contributed by atoms with Gasteiger partial charge in [-0.25, -0.2) is 0 Å². The first-order valence-electron chi connectivity index (χ1n) is 5.07. The molecule has 0 radical (unpaired) electrons. The largest absolute Gasteiger partial charge is 0.505 e. The van der Waals surface area contributed by atoms with E-state index in [-0.39, 0.29) is 11.3 Å². The number of amides is 1. The predicted octanol–water partition coefficient (Wildman–Crippen LogP) is 2.28. The lowest BCUT2D eigenvalue weighted by Gasteiger charge is -2.09. The summed E-state index contributed by atoms with van der Waals surface area (Å²) in [6.45, 7) is 0. The molecule has 2 rings (SSSR count). The number of carbonyl (C=O) groups is 1. The van der Waals surface area contributed by atoms with E-state index in [0.717, 1.165) is 0 Å². The molecular weight excluding hydrogens is 254 g/mol. The van der Waals surface area contributed by atoms with E-state index >= 15 is 0 Å². The summed E-state index contributed by atoms with van der Waals surface area (Å²) in [6.07, 6.45) is 2.60. The van der Waals surface area contributed by atoms with Crippen molar-refractivity contribution in [1.82, 2.24) is 4.98 Å². The van der Waals surface area contributed by atoms with E-state index in [4.69, 9.17) is 17.3 Å². The van der Waals surface area contributed by atoms with E-state index in [0.29, 0.717) is 16.4 Å². The number of aromatic hydroxyl groups is 1. The van der Waals surface area contributed by atoms with Gasteiger partial charge in [-0.2, -0.15) is 0 Å². The maximum Gasteiger partial charge on any atom is 0.259 e. The molecule has 0 saturated heterocycles. The zero-order valence-electron chi connectivity index (χ0n) is 9.22. The highest BCUT2D eigenvalue weighted by Crippen LogP contribution is 2.24. The van der Waals surface area contributed by atoms with Gasteiger partial charge in [0.2, 0.25) is 0 Å². The molecule has 0 saturated carbocycles. The van der Waals surface area contributed by atoms with Gasteiger partial charge >= 0.3 is 0 Å². The van der Waals surface area contributed by atoms with Gasteiger partial charge in [0.15, 0.2) is 0 Å². The Hall–Kier alpha value is -2.27. The molecule has 0 unspecified atom stereocenters. The summed E-state index contributed by atoms with van der Waals surface area (Å²) in [6, 6.07) is 6.15. The number of pyridine rings is 1. The Labute approximate surface area is 108 Å². The number of hydrogen-bond acceptors (Lipinski definition) is 4. The van der Waals surface area contributed by atoms with Crippen LogP contribution in [-0.2, 0) is 0 Å². The Morgan fingerprint density at radius 1 is 1.39 bits per heavy atom. The van der Waals surface area contributed by atoms with E-state index in [1.54, 1.807) is 12.1 Å². The van der Waals surface area contributed by atoms with Gasteiger partial charge in [-0.3, -0.25) is 9.78 Å². The van der Waals surface area contributed by atoms with Gasteiger partial charge in [0.05, 0.1) is 23.1 Å². The average Bonchev–Trinajstić information content (AvgIpc) is 2.34. The van der Waals surface area contributed by atoms with Crippen LogP contribution in [0.2, 0.25) is 5.02 Å². The standard InChI is InChI=1S/C12H10ClN3O2/c13-7-1-2-9(14)10(5-7)16-12(18)8-3-4-15-6-11(8)17/h1-6,17H,14H2,(H,16,18). The maximum absolute atomic E-state index is 11.9. The van der Waals surface area contributed by atoms with Crippen molar-refractivity contribution in [1.29, 1.82) is 0 Å². The first-order chi connectivity index (χ1) is 8.58. The van der Waals surface area contributed by atoms with Crippen LogP contribution in [0.4, 0.5) is 11.4 Å². The summed E-state index contributed by atoms with van der Waals surface area (Å²) >= 11 is 5.81. The minimum absolute atomic E-state index is 0.115. The molecular formula is C12H10ClN3O2. The number of hydrogen-bond donors (Lipinski definition) is 3. The van der Waals surface area contributed by atoms with E-state index in [9.17, 15) is 9.90 Å². The molecule has 0 spiro atoms. The zero-order chi connectivity index (χ0) is 13.1. The Morgan fingerprint density at radius 3 is 2.89 bits per heavy atom. The van der Waals surface area contributed by atoms with Crippen LogP contribution < -0.4 is 11.1 Å². The van der Waals surface area contributed by atoms with Crippen molar-refractivity contribution >= 4 is 28.9 Å². The third-order valence-electron chi connectivity index (χ3n) is 2.31. The Bertz CT molecular complexity index is 602. The highest BCUT2D eigenvalue weighted by Gasteiger charge is 2.12. The molecule has 5 nitrogen and oxygen atoms in total. The smallest absolute Gasteiger partial charge is 0.259 e. The first kappa shape index (κ1) is 12.2. The van der Waals surface area contributed by atoms with Crippen molar-refractivity contribution in [3.63, 3.8) is 0 Å². The normalized spacial score (nSPS) is 10.1. The molecule has 92 valence electrons. The molecule has 2 aromatic rings. The molecule has 1 heterocycles.